The van der Waals surface area contributed by atoms with Gasteiger partial charge in [0, 0.05) is 20.1 Å². The number of guanidine groups is 1. The number of alkyl halides is 3. The normalized spacial score (nSPS) is 18.6. The first-order valence-corrected chi connectivity index (χ1v) is 10.3. The summed E-state index contributed by atoms with van der Waals surface area (Å²) in [5.74, 6) is 0.286. The number of halogens is 4. The van der Waals surface area contributed by atoms with Crippen molar-refractivity contribution in [2.45, 2.75) is 39.4 Å². The third-order valence-corrected chi connectivity index (χ3v) is 5.87. The van der Waals surface area contributed by atoms with Gasteiger partial charge in [0.1, 0.15) is 9.88 Å². The van der Waals surface area contributed by atoms with Crippen molar-refractivity contribution < 1.29 is 22.7 Å². The second kappa shape index (κ2) is 12.0. The van der Waals surface area contributed by atoms with Crippen molar-refractivity contribution in [3.8, 4) is 0 Å². The van der Waals surface area contributed by atoms with Crippen molar-refractivity contribution in [3.63, 3.8) is 0 Å². The third kappa shape index (κ3) is 8.17. The number of hydrogen-bond acceptors (Lipinski definition) is 6. The van der Waals surface area contributed by atoms with Gasteiger partial charge in [-0.3, -0.25) is 9.89 Å². The topological polar surface area (TPSA) is 78.8 Å². The summed E-state index contributed by atoms with van der Waals surface area (Å²) in [6.45, 7) is 6.25. The Morgan fingerprint density at radius 1 is 1.47 bits per heavy atom. The van der Waals surface area contributed by atoms with E-state index in [1.165, 1.54) is 16.2 Å². The molecule has 7 nitrogen and oxygen atoms in total. The number of carbonyl (C=O) groups excluding carboxylic acids is 1. The van der Waals surface area contributed by atoms with E-state index in [0.29, 0.717) is 49.2 Å². The lowest BCUT2D eigenvalue weighted by atomic mass is 10.1. The minimum atomic E-state index is -4.16. The maximum atomic E-state index is 12.5. The number of nitrogens with one attached hydrogen (secondary N) is 2. The third-order valence-electron chi connectivity index (χ3n) is 4.55. The van der Waals surface area contributed by atoms with Crippen LogP contribution in [0.25, 0.3) is 0 Å². The Hall–Kier alpha value is -1.15. The molecular formula is C18H29F3IN5O2S. The lowest BCUT2D eigenvalue weighted by Gasteiger charge is -2.20. The van der Waals surface area contributed by atoms with Crippen LogP contribution < -0.4 is 10.6 Å². The van der Waals surface area contributed by atoms with Gasteiger partial charge in [-0.15, -0.1) is 35.3 Å². The molecule has 30 heavy (non-hydrogen) atoms. The minimum Gasteiger partial charge on any atom is -0.462 e. The van der Waals surface area contributed by atoms with Crippen LogP contribution in [-0.4, -0.2) is 67.8 Å². The van der Waals surface area contributed by atoms with Crippen molar-refractivity contribution in [1.29, 1.82) is 0 Å². The standard InChI is InChI=1S/C18H28F3N5O2S.HI/c1-5-28-16(27)14-11(2)24-15(29-14)12(3)25-17(22-4)23-8-13-6-7-26(9-13)10-18(19,20)21;/h12-13H,5-10H2,1-4H3,(H2,22,23,25);1H. The molecule has 1 aromatic rings. The SMILES string of the molecule is CCOC(=O)c1sc(C(C)NC(=NC)NCC2CCN(CC(F)(F)F)C2)nc1C.I. The van der Waals surface area contributed by atoms with E-state index in [1.54, 1.807) is 20.9 Å². The molecule has 2 rings (SSSR count). The molecule has 1 fully saturated rings. The number of thiazole rings is 1. The van der Waals surface area contributed by atoms with Crippen molar-refractivity contribution in [1.82, 2.24) is 20.5 Å². The van der Waals surface area contributed by atoms with Crippen molar-refractivity contribution in [2.75, 3.05) is 39.8 Å². The van der Waals surface area contributed by atoms with Gasteiger partial charge in [-0.05, 0) is 39.7 Å². The number of aromatic nitrogens is 1. The molecular weight excluding hydrogens is 534 g/mol. The molecule has 172 valence electrons. The molecule has 2 unspecified atom stereocenters. The quantitative estimate of drug-likeness (QED) is 0.230. The Balaban J connectivity index is 0.00000450. The molecule has 0 spiro atoms. The van der Waals surface area contributed by atoms with Gasteiger partial charge >= 0.3 is 12.1 Å². The summed E-state index contributed by atoms with van der Waals surface area (Å²) in [6.07, 6.45) is -3.45. The zero-order valence-electron chi connectivity index (χ0n) is 17.5. The summed E-state index contributed by atoms with van der Waals surface area (Å²) in [5.41, 5.74) is 0.621. The lowest BCUT2D eigenvalue weighted by molar-refractivity contribution is -0.143. The minimum absolute atomic E-state index is 0. The van der Waals surface area contributed by atoms with E-state index in [1.807, 2.05) is 6.92 Å². The molecule has 1 aromatic heterocycles. The Morgan fingerprint density at radius 3 is 2.77 bits per heavy atom. The largest absolute Gasteiger partial charge is 0.462 e. The van der Waals surface area contributed by atoms with Crippen molar-refractivity contribution >= 4 is 47.2 Å². The second-order valence-corrected chi connectivity index (χ2v) is 8.04. The molecule has 2 N–H and O–H groups in total. The van der Waals surface area contributed by atoms with E-state index < -0.39 is 12.7 Å². The monoisotopic (exact) mass is 563 g/mol. The first kappa shape index (κ1) is 26.9. The molecule has 1 saturated heterocycles. The van der Waals surface area contributed by atoms with Crippen LogP contribution in [0.4, 0.5) is 13.2 Å². The van der Waals surface area contributed by atoms with Crippen LogP contribution in [0.15, 0.2) is 4.99 Å². The maximum Gasteiger partial charge on any atom is 0.401 e. The van der Waals surface area contributed by atoms with E-state index in [0.717, 1.165) is 5.01 Å². The van der Waals surface area contributed by atoms with Gasteiger partial charge in [-0.1, -0.05) is 0 Å². The zero-order valence-corrected chi connectivity index (χ0v) is 20.7. The second-order valence-electron chi connectivity index (χ2n) is 7.01. The Bertz CT molecular complexity index is 729. The molecule has 2 atom stereocenters. The zero-order chi connectivity index (χ0) is 21.6. The van der Waals surface area contributed by atoms with Crippen LogP contribution in [0, 0.1) is 12.8 Å². The number of carbonyl (C=O) groups is 1. The predicted molar refractivity (Wildman–Crippen MR) is 122 cm³/mol. The number of nitrogens with zero attached hydrogens (tertiary/aromatic N) is 3. The van der Waals surface area contributed by atoms with E-state index in [2.05, 4.69) is 20.6 Å². The van der Waals surface area contributed by atoms with Crippen molar-refractivity contribution in [3.05, 3.63) is 15.6 Å². The molecule has 0 bridgehead atoms. The van der Waals surface area contributed by atoms with Crippen LogP contribution in [-0.2, 0) is 4.74 Å². The highest BCUT2D eigenvalue weighted by Crippen LogP contribution is 2.25. The number of rotatable bonds is 7. The summed E-state index contributed by atoms with van der Waals surface area (Å²) in [7, 11) is 1.63. The van der Waals surface area contributed by atoms with E-state index in [-0.39, 0.29) is 41.9 Å². The van der Waals surface area contributed by atoms with Gasteiger partial charge in [0.2, 0.25) is 0 Å². The highest BCUT2D eigenvalue weighted by Gasteiger charge is 2.34. The first-order valence-electron chi connectivity index (χ1n) is 9.53. The summed E-state index contributed by atoms with van der Waals surface area (Å²) in [5, 5.41) is 7.11. The number of aliphatic imine (C=N–C) groups is 1. The Labute approximate surface area is 195 Å². The number of ether oxygens (including phenoxy) is 1. The molecule has 1 aliphatic heterocycles. The van der Waals surface area contributed by atoms with E-state index in [4.69, 9.17) is 4.74 Å². The lowest BCUT2D eigenvalue weighted by Crippen LogP contribution is -2.41. The van der Waals surface area contributed by atoms with Crippen molar-refractivity contribution in [2.24, 2.45) is 10.9 Å². The fraction of sp³-hybridized carbons (Fsp3) is 0.722. The molecule has 2 heterocycles. The van der Waals surface area contributed by atoms with E-state index >= 15 is 0 Å². The fourth-order valence-corrected chi connectivity index (χ4v) is 4.13. The fourth-order valence-electron chi connectivity index (χ4n) is 3.17. The number of hydrogen-bond donors (Lipinski definition) is 2. The summed E-state index contributed by atoms with van der Waals surface area (Å²) in [4.78, 5) is 22.5. The summed E-state index contributed by atoms with van der Waals surface area (Å²) < 4.78 is 42.6. The Morgan fingerprint density at radius 2 is 2.17 bits per heavy atom. The van der Waals surface area contributed by atoms with Crippen LogP contribution in [0.5, 0.6) is 0 Å². The highest BCUT2D eigenvalue weighted by molar-refractivity contribution is 14.0. The van der Waals surface area contributed by atoms with Gasteiger partial charge in [0.15, 0.2) is 5.96 Å². The molecule has 0 amide bonds. The molecule has 0 saturated carbocycles. The van der Waals surface area contributed by atoms with Gasteiger partial charge in [-0.2, -0.15) is 13.2 Å². The predicted octanol–water partition coefficient (Wildman–Crippen LogP) is 3.36. The average molecular weight is 563 g/mol. The summed E-state index contributed by atoms with van der Waals surface area (Å²) >= 11 is 1.27. The van der Waals surface area contributed by atoms with Gasteiger partial charge in [-0.25, -0.2) is 9.78 Å². The molecule has 12 heteroatoms. The van der Waals surface area contributed by atoms with Crippen LogP contribution in [0.3, 0.4) is 0 Å². The van der Waals surface area contributed by atoms with Crippen LogP contribution in [0.1, 0.15) is 46.7 Å². The molecule has 0 aliphatic carbocycles. The highest BCUT2D eigenvalue weighted by atomic mass is 127. The molecule has 0 aromatic carbocycles. The smallest absolute Gasteiger partial charge is 0.401 e. The van der Waals surface area contributed by atoms with E-state index in [9.17, 15) is 18.0 Å². The maximum absolute atomic E-state index is 12.5. The number of likely N-dealkylation sites (tertiary alicyclic amines) is 1. The van der Waals surface area contributed by atoms with Gasteiger partial charge < -0.3 is 15.4 Å². The molecule has 1 aliphatic rings. The molecule has 0 radical (unpaired) electrons. The summed E-state index contributed by atoms with van der Waals surface area (Å²) in [6, 6.07) is -0.196. The first-order chi connectivity index (χ1) is 13.6. The van der Waals surface area contributed by atoms with Gasteiger partial charge in [0.05, 0.1) is 24.9 Å². The van der Waals surface area contributed by atoms with Gasteiger partial charge in [0.25, 0.3) is 0 Å². The van der Waals surface area contributed by atoms with Crippen LogP contribution in [0.2, 0.25) is 0 Å². The number of aryl methyl sites for hydroxylation is 1. The average Bonchev–Trinajstić information content (AvgIpc) is 3.23. The number of esters is 1. The van der Waals surface area contributed by atoms with Crippen LogP contribution >= 0.6 is 35.3 Å². The Kier molecular flexibility index (Phi) is 10.8.